The van der Waals surface area contributed by atoms with Crippen molar-refractivity contribution in [3.05, 3.63) is 93.7 Å². The summed E-state index contributed by atoms with van der Waals surface area (Å²) in [7, 11) is 0. The molecule has 1 heterocycles. The molecular formula is C20H17FN2O5. The van der Waals surface area contributed by atoms with Crippen LogP contribution in [0.5, 0.6) is 5.75 Å². The number of nitro benzene ring substituents is 1. The Morgan fingerprint density at radius 3 is 2.68 bits per heavy atom. The van der Waals surface area contributed by atoms with Crippen molar-refractivity contribution in [1.29, 1.82) is 0 Å². The number of halogens is 1. The zero-order valence-electron chi connectivity index (χ0n) is 14.9. The topological polar surface area (TPSA) is 94.6 Å². The Labute approximate surface area is 159 Å². The SMILES string of the molecule is CC(NC(=O)c1ccc(COc2ccc(F)cc2)o1)c1cccc([N+](=O)[O-])c1. The predicted molar refractivity (Wildman–Crippen MR) is 98.4 cm³/mol. The van der Waals surface area contributed by atoms with Crippen LogP contribution in [0.2, 0.25) is 0 Å². The average molecular weight is 384 g/mol. The highest BCUT2D eigenvalue weighted by atomic mass is 19.1. The number of nitro groups is 1. The molecule has 2 aromatic carbocycles. The Kier molecular flexibility index (Phi) is 5.69. The van der Waals surface area contributed by atoms with Crippen LogP contribution in [0.25, 0.3) is 0 Å². The molecule has 0 saturated carbocycles. The fraction of sp³-hybridized carbons (Fsp3) is 0.150. The quantitative estimate of drug-likeness (QED) is 0.481. The van der Waals surface area contributed by atoms with Crippen LogP contribution in [0.3, 0.4) is 0 Å². The molecule has 1 atom stereocenters. The van der Waals surface area contributed by atoms with Gasteiger partial charge >= 0.3 is 0 Å². The Balaban J connectivity index is 1.59. The second-order valence-corrected chi connectivity index (χ2v) is 6.06. The maximum Gasteiger partial charge on any atom is 0.287 e. The molecule has 0 radical (unpaired) electrons. The van der Waals surface area contributed by atoms with Crippen LogP contribution in [0.1, 0.15) is 34.8 Å². The van der Waals surface area contributed by atoms with Crippen LogP contribution in [0.15, 0.2) is 65.1 Å². The summed E-state index contributed by atoms with van der Waals surface area (Å²) >= 11 is 0. The second-order valence-electron chi connectivity index (χ2n) is 6.06. The molecule has 1 aromatic heterocycles. The standard InChI is InChI=1S/C20H17FN2O5/c1-13(14-3-2-4-16(11-14)23(25)26)22-20(24)19-10-9-18(28-19)12-27-17-7-5-15(21)6-8-17/h2-11,13H,12H2,1H3,(H,22,24). The summed E-state index contributed by atoms with van der Waals surface area (Å²) in [6.07, 6.45) is 0. The minimum Gasteiger partial charge on any atom is -0.486 e. The Morgan fingerprint density at radius 2 is 1.96 bits per heavy atom. The van der Waals surface area contributed by atoms with Crippen molar-refractivity contribution in [3.63, 3.8) is 0 Å². The van der Waals surface area contributed by atoms with Crippen molar-refractivity contribution in [2.75, 3.05) is 0 Å². The molecule has 0 saturated heterocycles. The van der Waals surface area contributed by atoms with Crippen LogP contribution >= 0.6 is 0 Å². The van der Waals surface area contributed by atoms with Gasteiger partial charge in [-0.2, -0.15) is 0 Å². The van der Waals surface area contributed by atoms with Crippen molar-refractivity contribution in [1.82, 2.24) is 5.32 Å². The van der Waals surface area contributed by atoms with E-state index in [1.807, 2.05) is 0 Å². The molecule has 3 rings (SSSR count). The lowest BCUT2D eigenvalue weighted by Crippen LogP contribution is -2.26. The van der Waals surface area contributed by atoms with E-state index in [4.69, 9.17) is 9.15 Å². The Morgan fingerprint density at radius 1 is 1.21 bits per heavy atom. The summed E-state index contributed by atoms with van der Waals surface area (Å²) in [5.74, 6) is 0.185. The summed E-state index contributed by atoms with van der Waals surface area (Å²) < 4.78 is 23.8. The maximum atomic E-state index is 12.9. The van der Waals surface area contributed by atoms with E-state index in [2.05, 4.69) is 5.32 Å². The number of benzene rings is 2. The number of non-ortho nitro benzene ring substituents is 1. The number of rotatable bonds is 7. The van der Waals surface area contributed by atoms with Gasteiger partial charge in [0.2, 0.25) is 0 Å². The third-order valence-corrected chi connectivity index (χ3v) is 4.01. The molecule has 144 valence electrons. The molecule has 0 aliphatic rings. The van der Waals surface area contributed by atoms with Crippen molar-refractivity contribution in [2.24, 2.45) is 0 Å². The molecule has 1 N–H and O–H groups in total. The number of furan rings is 1. The van der Waals surface area contributed by atoms with Gasteiger partial charge in [-0.3, -0.25) is 14.9 Å². The molecule has 0 aliphatic carbocycles. The lowest BCUT2D eigenvalue weighted by molar-refractivity contribution is -0.384. The smallest absolute Gasteiger partial charge is 0.287 e. The molecule has 0 spiro atoms. The predicted octanol–water partition coefficient (Wildman–Crippen LogP) is 4.40. The van der Waals surface area contributed by atoms with Gasteiger partial charge in [0.25, 0.3) is 11.6 Å². The van der Waals surface area contributed by atoms with Crippen LogP contribution in [0, 0.1) is 15.9 Å². The molecule has 8 heteroatoms. The van der Waals surface area contributed by atoms with Gasteiger partial charge in [-0.1, -0.05) is 12.1 Å². The number of carbonyl (C=O) groups is 1. The van der Waals surface area contributed by atoms with E-state index in [9.17, 15) is 19.3 Å². The van der Waals surface area contributed by atoms with Crippen molar-refractivity contribution >= 4 is 11.6 Å². The lowest BCUT2D eigenvalue weighted by Gasteiger charge is -2.13. The first-order chi connectivity index (χ1) is 13.4. The Hall–Kier alpha value is -3.68. The number of ether oxygens (including phenoxy) is 1. The number of amides is 1. The van der Waals surface area contributed by atoms with Crippen LogP contribution in [0.4, 0.5) is 10.1 Å². The molecule has 7 nitrogen and oxygen atoms in total. The number of hydrogen-bond acceptors (Lipinski definition) is 5. The third-order valence-electron chi connectivity index (χ3n) is 4.01. The van der Waals surface area contributed by atoms with Gasteiger partial charge in [-0.05, 0) is 48.9 Å². The highest BCUT2D eigenvalue weighted by Gasteiger charge is 2.17. The van der Waals surface area contributed by atoms with E-state index in [0.717, 1.165) is 0 Å². The van der Waals surface area contributed by atoms with E-state index in [1.165, 1.54) is 42.5 Å². The molecule has 28 heavy (non-hydrogen) atoms. The lowest BCUT2D eigenvalue weighted by atomic mass is 10.1. The number of hydrogen-bond donors (Lipinski definition) is 1. The first-order valence-corrected chi connectivity index (χ1v) is 8.44. The monoisotopic (exact) mass is 384 g/mol. The normalized spacial score (nSPS) is 11.6. The van der Waals surface area contributed by atoms with E-state index in [-0.39, 0.29) is 23.9 Å². The molecule has 1 amide bonds. The van der Waals surface area contributed by atoms with Crippen molar-refractivity contribution in [3.8, 4) is 5.75 Å². The maximum absolute atomic E-state index is 12.9. The summed E-state index contributed by atoms with van der Waals surface area (Å²) in [5, 5.41) is 13.6. The van der Waals surface area contributed by atoms with Crippen LogP contribution in [-0.4, -0.2) is 10.8 Å². The molecule has 0 fully saturated rings. The summed E-state index contributed by atoms with van der Waals surface area (Å²) in [6.45, 7) is 1.80. The van der Waals surface area contributed by atoms with E-state index >= 15 is 0 Å². The molecule has 1 unspecified atom stereocenters. The number of carbonyl (C=O) groups excluding carboxylic acids is 1. The van der Waals surface area contributed by atoms with Crippen molar-refractivity contribution in [2.45, 2.75) is 19.6 Å². The van der Waals surface area contributed by atoms with E-state index in [0.29, 0.717) is 17.1 Å². The van der Waals surface area contributed by atoms with Gasteiger partial charge < -0.3 is 14.5 Å². The zero-order chi connectivity index (χ0) is 20.1. The molecular weight excluding hydrogens is 367 g/mol. The number of nitrogens with one attached hydrogen (secondary N) is 1. The van der Waals surface area contributed by atoms with E-state index < -0.39 is 16.9 Å². The highest BCUT2D eigenvalue weighted by molar-refractivity contribution is 5.91. The largest absolute Gasteiger partial charge is 0.486 e. The number of nitrogens with zero attached hydrogens (tertiary/aromatic N) is 1. The summed E-state index contributed by atoms with van der Waals surface area (Å²) in [5.41, 5.74) is 0.561. The zero-order valence-corrected chi connectivity index (χ0v) is 14.9. The van der Waals surface area contributed by atoms with Gasteiger partial charge in [0, 0.05) is 12.1 Å². The average Bonchev–Trinajstić information content (AvgIpc) is 3.17. The van der Waals surface area contributed by atoms with Crippen LogP contribution < -0.4 is 10.1 Å². The van der Waals surface area contributed by atoms with Gasteiger partial charge in [0.1, 0.15) is 23.9 Å². The fourth-order valence-electron chi connectivity index (χ4n) is 2.52. The minimum absolute atomic E-state index is 0.0446. The summed E-state index contributed by atoms with van der Waals surface area (Å²) in [4.78, 5) is 22.7. The van der Waals surface area contributed by atoms with Gasteiger partial charge in [0.05, 0.1) is 11.0 Å². The first kappa shape index (κ1) is 19.1. The molecule has 0 bridgehead atoms. The highest BCUT2D eigenvalue weighted by Crippen LogP contribution is 2.20. The fourth-order valence-corrected chi connectivity index (χ4v) is 2.52. The van der Waals surface area contributed by atoms with Gasteiger partial charge in [-0.25, -0.2) is 4.39 Å². The van der Waals surface area contributed by atoms with Gasteiger partial charge in [0.15, 0.2) is 5.76 Å². The first-order valence-electron chi connectivity index (χ1n) is 8.44. The minimum atomic E-state index is -0.488. The van der Waals surface area contributed by atoms with Crippen molar-refractivity contribution < 1.29 is 23.3 Å². The third kappa shape index (κ3) is 4.73. The molecule has 0 aliphatic heterocycles. The van der Waals surface area contributed by atoms with E-state index in [1.54, 1.807) is 25.1 Å². The van der Waals surface area contributed by atoms with Crippen LogP contribution in [-0.2, 0) is 6.61 Å². The van der Waals surface area contributed by atoms with Gasteiger partial charge in [-0.15, -0.1) is 0 Å². The Bertz CT molecular complexity index is 984. The summed E-state index contributed by atoms with van der Waals surface area (Å²) in [6, 6.07) is 14.3. The molecule has 3 aromatic rings. The second kappa shape index (κ2) is 8.34.